The molecule has 2 amide bonds. The molecule has 158 valence electrons. The first kappa shape index (κ1) is 20.8. The third-order valence-corrected chi connectivity index (χ3v) is 4.07. The van der Waals surface area contributed by atoms with Crippen molar-refractivity contribution >= 4 is 23.5 Å². The Hall–Kier alpha value is -3.95. The second-order valence-electron chi connectivity index (χ2n) is 6.03. The van der Waals surface area contributed by atoms with Crippen LogP contribution in [0.25, 0.3) is 0 Å². The Labute approximate surface area is 172 Å². The Morgan fingerprint density at radius 1 is 1.00 bits per heavy atom. The van der Waals surface area contributed by atoms with E-state index in [1.807, 2.05) is 0 Å². The smallest absolute Gasteiger partial charge is 0.325 e. The molecule has 0 unspecified atom stereocenters. The summed E-state index contributed by atoms with van der Waals surface area (Å²) in [5, 5.41) is 4.99. The van der Waals surface area contributed by atoms with Gasteiger partial charge in [-0.3, -0.25) is 14.4 Å². The van der Waals surface area contributed by atoms with Crippen LogP contribution in [0.5, 0.6) is 23.0 Å². The predicted molar refractivity (Wildman–Crippen MR) is 104 cm³/mol. The van der Waals surface area contributed by atoms with Gasteiger partial charge in [0.15, 0.2) is 18.1 Å². The van der Waals surface area contributed by atoms with Gasteiger partial charge in [0.1, 0.15) is 18.0 Å². The molecular formula is C20H20N2O8. The van der Waals surface area contributed by atoms with E-state index in [2.05, 4.69) is 10.6 Å². The standard InChI is InChI=1S/C20H20N2O8/c1-26-13-4-6-15(27-2)14(8-13)22-18(23)10-28-19(24)9-21-20(25)12-3-5-16-17(7-12)30-11-29-16/h3-8H,9-11H2,1-2H3,(H,21,25)(H,22,23). The molecule has 0 fully saturated rings. The predicted octanol–water partition coefficient (Wildman–Crippen LogP) is 1.34. The van der Waals surface area contributed by atoms with E-state index in [1.165, 1.54) is 20.3 Å². The van der Waals surface area contributed by atoms with Crippen molar-refractivity contribution in [3.63, 3.8) is 0 Å². The summed E-state index contributed by atoms with van der Waals surface area (Å²) in [5.74, 6) is 0.116. The fourth-order valence-corrected chi connectivity index (χ4v) is 2.59. The monoisotopic (exact) mass is 416 g/mol. The van der Waals surface area contributed by atoms with Crippen molar-refractivity contribution in [1.29, 1.82) is 0 Å². The van der Waals surface area contributed by atoms with Crippen LogP contribution in [0.15, 0.2) is 36.4 Å². The van der Waals surface area contributed by atoms with Crippen molar-refractivity contribution in [3.8, 4) is 23.0 Å². The molecule has 2 N–H and O–H groups in total. The summed E-state index contributed by atoms with van der Waals surface area (Å²) in [7, 11) is 2.95. The fourth-order valence-electron chi connectivity index (χ4n) is 2.59. The normalized spacial score (nSPS) is 11.4. The van der Waals surface area contributed by atoms with E-state index in [-0.39, 0.29) is 6.79 Å². The van der Waals surface area contributed by atoms with E-state index in [4.69, 9.17) is 23.7 Å². The highest BCUT2D eigenvalue weighted by Crippen LogP contribution is 2.32. The molecule has 1 aliphatic rings. The molecule has 0 spiro atoms. The first-order chi connectivity index (χ1) is 14.5. The Balaban J connectivity index is 1.45. The van der Waals surface area contributed by atoms with Gasteiger partial charge in [0.2, 0.25) is 6.79 Å². The summed E-state index contributed by atoms with van der Waals surface area (Å²) in [6.07, 6.45) is 0. The number of rotatable bonds is 8. The van der Waals surface area contributed by atoms with E-state index < -0.39 is 30.9 Å². The lowest BCUT2D eigenvalue weighted by atomic mass is 10.2. The SMILES string of the molecule is COc1ccc(OC)c(NC(=O)COC(=O)CNC(=O)c2ccc3c(c2)OCO3)c1. The quantitative estimate of drug-likeness (QED) is 0.619. The van der Waals surface area contributed by atoms with Crippen LogP contribution in [0.3, 0.4) is 0 Å². The number of carbonyl (C=O) groups is 3. The molecule has 0 aromatic heterocycles. The van der Waals surface area contributed by atoms with Crippen LogP contribution in [-0.4, -0.2) is 51.9 Å². The molecule has 0 saturated carbocycles. The number of benzene rings is 2. The molecule has 3 rings (SSSR count). The van der Waals surface area contributed by atoms with Crippen LogP contribution in [0.4, 0.5) is 5.69 Å². The molecule has 30 heavy (non-hydrogen) atoms. The van der Waals surface area contributed by atoms with Crippen molar-refractivity contribution in [3.05, 3.63) is 42.0 Å². The average molecular weight is 416 g/mol. The number of fused-ring (bicyclic) bond motifs is 1. The molecule has 10 heteroatoms. The van der Waals surface area contributed by atoms with Gasteiger partial charge < -0.3 is 34.3 Å². The molecular weight excluding hydrogens is 396 g/mol. The minimum Gasteiger partial charge on any atom is -0.497 e. The number of anilines is 1. The fraction of sp³-hybridized carbons (Fsp3) is 0.250. The van der Waals surface area contributed by atoms with Gasteiger partial charge in [0, 0.05) is 11.6 Å². The molecule has 10 nitrogen and oxygen atoms in total. The van der Waals surface area contributed by atoms with Crippen LogP contribution in [-0.2, 0) is 14.3 Å². The summed E-state index contributed by atoms with van der Waals surface area (Å²) >= 11 is 0. The first-order valence-corrected chi connectivity index (χ1v) is 8.85. The molecule has 1 aliphatic heterocycles. The van der Waals surface area contributed by atoms with Crippen molar-refractivity contribution in [2.75, 3.05) is 39.5 Å². The molecule has 0 bridgehead atoms. The Morgan fingerprint density at radius 3 is 2.57 bits per heavy atom. The summed E-state index contributed by atoms with van der Waals surface area (Å²) < 4.78 is 25.5. The topological polar surface area (TPSA) is 121 Å². The third kappa shape index (κ3) is 5.10. The van der Waals surface area contributed by atoms with Crippen LogP contribution >= 0.6 is 0 Å². The Morgan fingerprint density at radius 2 is 1.80 bits per heavy atom. The van der Waals surface area contributed by atoms with E-state index in [9.17, 15) is 14.4 Å². The van der Waals surface area contributed by atoms with Gasteiger partial charge in [-0.25, -0.2) is 0 Å². The van der Waals surface area contributed by atoms with E-state index in [1.54, 1.807) is 30.3 Å². The van der Waals surface area contributed by atoms with Gasteiger partial charge in [0.25, 0.3) is 11.8 Å². The molecule has 2 aromatic rings. The van der Waals surface area contributed by atoms with Crippen LogP contribution in [0.1, 0.15) is 10.4 Å². The molecule has 0 aliphatic carbocycles. The van der Waals surface area contributed by atoms with Gasteiger partial charge in [-0.1, -0.05) is 0 Å². The van der Waals surface area contributed by atoms with Crippen LogP contribution < -0.4 is 29.6 Å². The lowest BCUT2D eigenvalue weighted by Crippen LogP contribution is -2.32. The number of ether oxygens (including phenoxy) is 5. The second kappa shape index (κ2) is 9.50. The van der Waals surface area contributed by atoms with Crippen molar-refractivity contribution in [1.82, 2.24) is 5.32 Å². The lowest BCUT2D eigenvalue weighted by molar-refractivity contribution is -0.146. The highest BCUT2D eigenvalue weighted by atomic mass is 16.7. The average Bonchev–Trinajstić information content (AvgIpc) is 3.23. The molecule has 0 radical (unpaired) electrons. The zero-order valence-electron chi connectivity index (χ0n) is 16.4. The van der Waals surface area contributed by atoms with Gasteiger partial charge in [-0.2, -0.15) is 0 Å². The maximum absolute atomic E-state index is 12.1. The van der Waals surface area contributed by atoms with Crippen LogP contribution in [0.2, 0.25) is 0 Å². The van der Waals surface area contributed by atoms with Crippen molar-refractivity contribution < 1.29 is 38.1 Å². The number of nitrogens with one attached hydrogen (secondary N) is 2. The number of hydrogen-bond acceptors (Lipinski definition) is 8. The highest BCUT2D eigenvalue weighted by molar-refractivity contribution is 5.97. The number of amides is 2. The molecule has 0 atom stereocenters. The van der Waals surface area contributed by atoms with E-state index in [0.717, 1.165) is 0 Å². The van der Waals surface area contributed by atoms with Crippen molar-refractivity contribution in [2.45, 2.75) is 0 Å². The third-order valence-electron chi connectivity index (χ3n) is 4.07. The largest absolute Gasteiger partial charge is 0.497 e. The molecule has 2 aromatic carbocycles. The summed E-state index contributed by atoms with van der Waals surface area (Å²) in [6.45, 7) is -0.835. The van der Waals surface area contributed by atoms with Gasteiger partial charge in [0.05, 0.1) is 19.9 Å². The zero-order valence-corrected chi connectivity index (χ0v) is 16.4. The number of carbonyl (C=O) groups excluding carboxylic acids is 3. The van der Waals surface area contributed by atoms with Crippen LogP contribution in [0, 0.1) is 0 Å². The van der Waals surface area contributed by atoms with E-state index in [0.29, 0.717) is 34.2 Å². The van der Waals surface area contributed by atoms with Gasteiger partial charge >= 0.3 is 5.97 Å². The highest BCUT2D eigenvalue weighted by Gasteiger charge is 2.17. The summed E-state index contributed by atoms with van der Waals surface area (Å²) in [4.78, 5) is 36.0. The molecule has 0 saturated heterocycles. The number of esters is 1. The minimum atomic E-state index is -0.767. The number of methoxy groups -OCH3 is 2. The minimum absolute atomic E-state index is 0.0937. The van der Waals surface area contributed by atoms with Gasteiger partial charge in [-0.15, -0.1) is 0 Å². The summed E-state index contributed by atoms with van der Waals surface area (Å²) in [5.41, 5.74) is 0.670. The lowest BCUT2D eigenvalue weighted by Gasteiger charge is -2.12. The Bertz CT molecular complexity index is 960. The summed E-state index contributed by atoms with van der Waals surface area (Å²) in [6, 6.07) is 9.54. The zero-order chi connectivity index (χ0) is 21.5. The Kier molecular flexibility index (Phi) is 6.58. The van der Waals surface area contributed by atoms with Crippen molar-refractivity contribution in [2.24, 2.45) is 0 Å². The maximum Gasteiger partial charge on any atom is 0.325 e. The maximum atomic E-state index is 12.1. The number of hydrogen-bond donors (Lipinski definition) is 2. The van der Waals surface area contributed by atoms with Gasteiger partial charge in [-0.05, 0) is 30.3 Å². The van der Waals surface area contributed by atoms with E-state index >= 15 is 0 Å². The second-order valence-corrected chi connectivity index (χ2v) is 6.03. The molecule has 1 heterocycles. The first-order valence-electron chi connectivity index (χ1n) is 8.85.